The van der Waals surface area contributed by atoms with Gasteiger partial charge in [-0.25, -0.2) is 0 Å². The molecule has 3 aromatic rings. The van der Waals surface area contributed by atoms with Crippen molar-refractivity contribution in [1.82, 2.24) is 0 Å². The third-order valence-electron chi connectivity index (χ3n) is 3.71. The van der Waals surface area contributed by atoms with E-state index in [4.69, 9.17) is 23.5 Å². The van der Waals surface area contributed by atoms with Crippen LogP contribution in [0.3, 0.4) is 0 Å². The van der Waals surface area contributed by atoms with Gasteiger partial charge in [-0.1, -0.05) is 53.1 Å². The monoisotopic (exact) mass is 428 g/mol. The zero-order chi connectivity index (χ0) is 22.1. The van der Waals surface area contributed by atoms with Gasteiger partial charge >= 0.3 is 7.82 Å². The predicted molar refractivity (Wildman–Crippen MR) is 116 cm³/mol. The lowest BCUT2D eigenvalue weighted by Gasteiger charge is -2.19. The molecular formula is C23H25O6P. The fourth-order valence-corrected chi connectivity index (χ4v) is 3.49. The summed E-state index contributed by atoms with van der Waals surface area (Å²) in [6.07, 6.45) is 0. The molecule has 6 nitrogen and oxygen atoms in total. The van der Waals surface area contributed by atoms with Crippen molar-refractivity contribution < 1.29 is 28.0 Å². The van der Waals surface area contributed by atoms with Crippen LogP contribution in [0, 0.1) is 20.8 Å². The molecule has 0 aliphatic heterocycles. The Morgan fingerprint density at radius 1 is 0.633 bits per heavy atom. The van der Waals surface area contributed by atoms with Crippen molar-refractivity contribution in [2.75, 3.05) is 0 Å². The molecule has 30 heavy (non-hydrogen) atoms. The van der Waals surface area contributed by atoms with Crippen LogP contribution in [-0.2, 0) is 9.36 Å². The molecule has 0 saturated heterocycles. The molecule has 0 spiro atoms. The summed E-state index contributed by atoms with van der Waals surface area (Å²) in [5.41, 5.74) is 3.23. The second-order valence-corrected chi connectivity index (χ2v) is 8.12. The van der Waals surface area contributed by atoms with E-state index in [1.165, 1.54) is 0 Å². The van der Waals surface area contributed by atoms with Crippen molar-refractivity contribution in [3.8, 4) is 17.2 Å². The number of rotatable bonds is 6. The van der Waals surface area contributed by atoms with Gasteiger partial charge in [0.05, 0.1) is 0 Å². The molecule has 158 valence electrons. The van der Waals surface area contributed by atoms with E-state index in [2.05, 4.69) is 0 Å². The molecule has 0 aliphatic carbocycles. The average molecular weight is 428 g/mol. The summed E-state index contributed by atoms with van der Waals surface area (Å²) in [5.74, 6) is 0.412. The fourth-order valence-electron chi connectivity index (χ4n) is 2.24. The number of carboxylic acids is 1. The van der Waals surface area contributed by atoms with Crippen molar-refractivity contribution in [3.05, 3.63) is 89.5 Å². The predicted octanol–water partition coefficient (Wildman–Crippen LogP) is 6.35. The molecule has 0 atom stereocenters. The van der Waals surface area contributed by atoms with E-state index in [9.17, 15) is 4.57 Å². The zero-order valence-corrected chi connectivity index (χ0v) is 18.3. The highest BCUT2D eigenvalue weighted by Crippen LogP contribution is 2.49. The standard InChI is InChI=1S/C21H21O4P.C2H4O2/c1-16-4-10-19(11-5-16)23-26(22,24-20-12-6-17(2)7-13-20)25-21-14-8-18(3)9-15-21;1-2(3)4/h4-15H,1-3H3;1H3,(H,3,4). The van der Waals surface area contributed by atoms with Crippen molar-refractivity contribution in [2.45, 2.75) is 27.7 Å². The Balaban J connectivity index is 0.000000735. The first-order valence-electron chi connectivity index (χ1n) is 9.23. The Kier molecular flexibility index (Phi) is 8.07. The summed E-state index contributed by atoms with van der Waals surface area (Å²) in [6, 6.07) is 21.6. The lowest BCUT2D eigenvalue weighted by atomic mass is 10.2. The molecule has 0 radical (unpaired) electrons. The van der Waals surface area contributed by atoms with Crippen LogP contribution in [0.4, 0.5) is 0 Å². The number of aryl methyl sites for hydroxylation is 3. The number of benzene rings is 3. The molecule has 0 aliphatic rings. The number of phosphoric acid groups is 1. The third kappa shape index (κ3) is 8.02. The van der Waals surface area contributed by atoms with E-state index in [1.54, 1.807) is 36.4 Å². The van der Waals surface area contributed by atoms with Crippen LogP contribution < -0.4 is 13.6 Å². The van der Waals surface area contributed by atoms with Gasteiger partial charge in [0.2, 0.25) is 0 Å². The summed E-state index contributed by atoms with van der Waals surface area (Å²) in [6.45, 7) is 6.99. The highest BCUT2D eigenvalue weighted by Gasteiger charge is 2.33. The lowest BCUT2D eigenvalue weighted by Crippen LogP contribution is -2.07. The molecule has 0 heterocycles. The molecule has 0 unspecified atom stereocenters. The largest absolute Gasteiger partial charge is 0.647 e. The number of carbonyl (C=O) groups is 1. The highest BCUT2D eigenvalue weighted by atomic mass is 31.2. The molecule has 0 fully saturated rings. The Labute approximate surface area is 176 Å². The van der Waals surface area contributed by atoms with Gasteiger partial charge in [0, 0.05) is 6.92 Å². The van der Waals surface area contributed by atoms with E-state index in [-0.39, 0.29) is 0 Å². The van der Waals surface area contributed by atoms with Crippen molar-refractivity contribution in [1.29, 1.82) is 0 Å². The molecule has 0 amide bonds. The number of aliphatic carboxylic acids is 1. The summed E-state index contributed by atoms with van der Waals surface area (Å²) in [4.78, 5) is 9.00. The maximum absolute atomic E-state index is 13.3. The summed E-state index contributed by atoms with van der Waals surface area (Å²) in [5, 5.41) is 7.42. The van der Waals surface area contributed by atoms with Crippen LogP contribution >= 0.6 is 7.82 Å². The number of phosphoric ester groups is 1. The quantitative estimate of drug-likeness (QED) is 0.461. The van der Waals surface area contributed by atoms with Crippen LogP contribution in [0.25, 0.3) is 0 Å². The van der Waals surface area contributed by atoms with Crippen LogP contribution in [0.2, 0.25) is 0 Å². The van der Waals surface area contributed by atoms with Gasteiger partial charge in [-0.3, -0.25) is 4.79 Å². The molecule has 0 saturated carbocycles. The number of hydrogen-bond acceptors (Lipinski definition) is 5. The Hall–Kier alpha value is -3.24. The van der Waals surface area contributed by atoms with E-state index in [0.717, 1.165) is 23.6 Å². The smallest absolute Gasteiger partial charge is 0.481 e. The fraction of sp³-hybridized carbons (Fsp3) is 0.174. The first-order valence-corrected chi connectivity index (χ1v) is 10.7. The molecule has 0 aromatic heterocycles. The SMILES string of the molecule is CC(=O)O.Cc1ccc(OP(=O)(Oc2ccc(C)cc2)Oc2ccc(C)cc2)cc1. The number of hydrogen-bond donors (Lipinski definition) is 1. The van der Waals surface area contributed by atoms with Gasteiger partial charge in [0.1, 0.15) is 17.2 Å². The van der Waals surface area contributed by atoms with Gasteiger partial charge in [0.25, 0.3) is 5.97 Å². The van der Waals surface area contributed by atoms with E-state index in [1.807, 2.05) is 57.2 Å². The van der Waals surface area contributed by atoms with Crippen LogP contribution in [-0.4, -0.2) is 11.1 Å². The number of carboxylic acid groups (broad SMARTS) is 1. The molecule has 3 aromatic carbocycles. The first kappa shape index (κ1) is 23.0. The average Bonchev–Trinajstić information content (AvgIpc) is 2.67. The molecule has 0 bridgehead atoms. The van der Waals surface area contributed by atoms with Gasteiger partial charge in [0.15, 0.2) is 0 Å². The second kappa shape index (κ2) is 10.5. The van der Waals surface area contributed by atoms with Crippen molar-refractivity contribution >= 4 is 13.8 Å². The maximum Gasteiger partial charge on any atom is 0.647 e. The minimum absolute atomic E-state index is 0.415. The summed E-state index contributed by atoms with van der Waals surface area (Å²) in [7, 11) is -3.93. The van der Waals surface area contributed by atoms with Gasteiger partial charge in [-0.2, -0.15) is 4.57 Å². The van der Waals surface area contributed by atoms with Crippen molar-refractivity contribution in [2.24, 2.45) is 0 Å². The van der Waals surface area contributed by atoms with E-state index in [0.29, 0.717) is 17.2 Å². The molecular weight excluding hydrogens is 403 g/mol. The zero-order valence-electron chi connectivity index (χ0n) is 17.4. The van der Waals surface area contributed by atoms with E-state index >= 15 is 0 Å². The first-order chi connectivity index (χ1) is 14.1. The lowest BCUT2D eigenvalue weighted by molar-refractivity contribution is -0.134. The Morgan fingerprint density at radius 2 is 0.833 bits per heavy atom. The minimum atomic E-state index is -3.93. The molecule has 1 N–H and O–H groups in total. The van der Waals surface area contributed by atoms with Crippen LogP contribution in [0.15, 0.2) is 72.8 Å². The van der Waals surface area contributed by atoms with Crippen molar-refractivity contribution in [3.63, 3.8) is 0 Å². The summed E-state index contributed by atoms with van der Waals surface area (Å²) >= 11 is 0. The van der Waals surface area contributed by atoms with E-state index < -0.39 is 13.8 Å². The topological polar surface area (TPSA) is 82.1 Å². The van der Waals surface area contributed by atoms with Crippen LogP contribution in [0.1, 0.15) is 23.6 Å². The van der Waals surface area contributed by atoms with Gasteiger partial charge in [-0.15, -0.1) is 0 Å². The minimum Gasteiger partial charge on any atom is -0.481 e. The third-order valence-corrected chi connectivity index (χ3v) is 5.02. The van der Waals surface area contributed by atoms with Gasteiger partial charge < -0.3 is 18.7 Å². The van der Waals surface area contributed by atoms with Gasteiger partial charge in [-0.05, 0) is 57.2 Å². The normalized spacial score (nSPS) is 10.4. The summed E-state index contributed by atoms with van der Waals surface area (Å²) < 4.78 is 30.2. The highest BCUT2D eigenvalue weighted by molar-refractivity contribution is 7.49. The molecule has 3 rings (SSSR count). The molecule has 7 heteroatoms. The Bertz CT molecular complexity index is 869. The van der Waals surface area contributed by atoms with Crippen LogP contribution in [0.5, 0.6) is 17.2 Å². The maximum atomic E-state index is 13.3. The second-order valence-electron chi connectivity index (χ2n) is 6.68. The Morgan fingerprint density at radius 3 is 1.03 bits per heavy atom.